The van der Waals surface area contributed by atoms with Crippen LogP contribution in [0.1, 0.15) is 15.9 Å². The van der Waals surface area contributed by atoms with Crippen molar-refractivity contribution in [3.63, 3.8) is 0 Å². The number of carbonyl (C=O) groups is 1. The van der Waals surface area contributed by atoms with Crippen LogP contribution in [0.3, 0.4) is 0 Å². The van der Waals surface area contributed by atoms with Gasteiger partial charge in [-0.15, -0.1) is 0 Å². The topological polar surface area (TPSA) is 104 Å². The van der Waals surface area contributed by atoms with Crippen LogP contribution in [0.5, 0.6) is 11.5 Å². The number of nitrogens with one attached hydrogen (secondary N) is 1. The van der Waals surface area contributed by atoms with Crippen molar-refractivity contribution in [1.29, 1.82) is 0 Å². The summed E-state index contributed by atoms with van der Waals surface area (Å²) in [5, 5.41) is 2.91. The van der Waals surface area contributed by atoms with Crippen LogP contribution >= 0.6 is 0 Å². The molecule has 6 rings (SSSR count). The van der Waals surface area contributed by atoms with Gasteiger partial charge in [-0.3, -0.25) is 9.36 Å². The molecule has 1 aliphatic rings. The molecular weight excluding hydrogens is 418 g/mol. The molecule has 0 bridgehead atoms. The van der Waals surface area contributed by atoms with E-state index in [4.69, 9.17) is 25.2 Å². The molecule has 0 spiro atoms. The molecule has 162 valence electrons. The Balaban J connectivity index is 1.53. The molecule has 2 aromatic heterocycles. The van der Waals surface area contributed by atoms with E-state index < -0.39 is 0 Å². The summed E-state index contributed by atoms with van der Waals surface area (Å²) >= 11 is 0. The summed E-state index contributed by atoms with van der Waals surface area (Å²) in [6.45, 7) is 2.17. The molecule has 33 heavy (non-hydrogen) atoms. The number of aryl methyl sites for hydroxylation is 1. The van der Waals surface area contributed by atoms with Gasteiger partial charge in [0.2, 0.25) is 6.79 Å². The number of hydrogen-bond acceptors (Lipinski definition) is 6. The highest BCUT2D eigenvalue weighted by atomic mass is 16.7. The second-order valence-electron chi connectivity index (χ2n) is 7.84. The standard InChI is InChI=1S/C25H19N5O3/c1-14-6-9-16(10-7-14)30-23(26)21(22-24(30)29-18-5-3-2-4-17(18)28-22)25(31)27-15-8-11-19-20(12-15)33-13-32-19/h2-12H,13,26H2,1H3,(H,27,31). The Morgan fingerprint density at radius 2 is 1.70 bits per heavy atom. The third-order valence-electron chi connectivity index (χ3n) is 5.65. The van der Waals surface area contributed by atoms with Gasteiger partial charge in [0.1, 0.15) is 16.9 Å². The number of fused-ring (bicyclic) bond motifs is 3. The van der Waals surface area contributed by atoms with Crippen LogP contribution < -0.4 is 20.5 Å². The van der Waals surface area contributed by atoms with E-state index >= 15 is 0 Å². The zero-order valence-electron chi connectivity index (χ0n) is 17.7. The number of aromatic nitrogens is 3. The summed E-state index contributed by atoms with van der Waals surface area (Å²) in [6, 6.07) is 20.6. The first kappa shape index (κ1) is 19.1. The second kappa shape index (κ2) is 7.23. The summed E-state index contributed by atoms with van der Waals surface area (Å²) in [6.07, 6.45) is 0. The van der Waals surface area contributed by atoms with Crippen molar-refractivity contribution in [2.75, 3.05) is 17.8 Å². The second-order valence-corrected chi connectivity index (χ2v) is 7.84. The summed E-state index contributed by atoms with van der Waals surface area (Å²) in [5.74, 6) is 1.10. The minimum absolute atomic E-state index is 0.159. The van der Waals surface area contributed by atoms with E-state index in [-0.39, 0.29) is 24.1 Å². The van der Waals surface area contributed by atoms with Crippen LogP contribution in [0.4, 0.5) is 11.5 Å². The van der Waals surface area contributed by atoms with E-state index in [2.05, 4.69) is 5.32 Å². The fourth-order valence-corrected chi connectivity index (χ4v) is 4.01. The highest BCUT2D eigenvalue weighted by Gasteiger charge is 2.25. The first-order chi connectivity index (χ1) is 16.1. The number of amides is 1. The largest absolute Gasteiger partial charge is 0.454 e. The summed E-state index contributed by atoms with van der Waals surface area (Å²) in [4.78, 5) is 23.0. The maximum absolute atomic E-state index is 13.4. The van der Waals surface area contributed by atoms with Gasteiger partial charge in [-0.05, 0) is 43.3 Å². The number of hydrogen-bond donors (Lipinski definition) is 2. The van der Waals surface area contributed by atoms with E-state index in [1.54, 1.807) is 22.8 Å². The Bertz CT molecular complexity index is 1560. The van der Waals surface area contributed by atoms with E-state index in [0.29, 0.717) is 33.9 Å². The van der Waals surface area contributed by atoms with Crippen molar-refractivity contribution >= 4 is 39.6 Å². The quantitative estimate of drug-likeness (QED) is 0.432. The van der Waals surface area contributed by atoms with Gasteiger partial charge < -0.3 is 20.5 Å². The molecule has 3 aromatic carbocycles. The van der Waals surface area contributed by atoms with E-state index in [1.165, 1.54) is 0 Å². The molecule has 0 unspecified atom stereocenters. The minimum Gasteiger partial charge on any atom is -0.454 e. The first-order valence-corrected chi connectivity index (χ1v) is 10.4. The predicted molar refractivity (Wildman–Crippen MR) is 126 cm³/mol. The summed E-state index contributed by atoms with van der Waals surface area (Å²) < 4.78 is 12.5. The number of ether oxygens (including phenoxy) is 2. The summed E-state index contributed by atoms with van der Waals surface area (Å²) in [7, 11) is 0. The lowest BCUT2D eigenvalue weighted by Crippen LogP contribution is -2.14. The molecule has 5 aromatic rings. The molecule has 8 heteroatoms. The van der Waals surface area contributed by atoms with Crippen molar-refractivity contribution in [3.05, 3.63) is 77.9 Å². The molecule has 0 atom stereocenters. The Kier molecular flexibility index (Phi) is 4.19. The number of benzene rings is 3. The predicted octanol–water partition coefficient (Wildman–Crippen LogP) is 4.45. The van der Waals surface area contributed by atoms with Crippen molar-refractivity contribution in [3.8, 4) is 17.2 Å². The minimum atomic E-state index is -0.383. The summed E-state index contributed by atoms with van der Waals surface area (Å²) in [5.41, 5.74) is 11.7. The van der Waals surface area contributed by atoms with Crippen LogP contribution in [0.2, 0.25) is 0 Å². The highest BCUT2D eigenvalue weighted by Crippen LogP contribution is 2.35. The molecule has 1 amide bonds. The Morgan fingerprint density at radius 1 is 0.970 bits per heavy atom. The van der Waals surface area contributed by atoms with Crippen LogP contribution in [0.25, 0.3) is 27.9 Å². The average molecular weight is 437 g/mol. The van der Waals surface area contributed by atoms with Gasteiger partial charge in [-0.2, -0.15) is 0 Å². The van der Waals surface area contributed by atoms with Crippen LogP contribution in [0, 0.1) is 6.92 Å². The maximum Gasteiger partial charge on any atom is 0.261 e. The van der Waals surface area contributed by atoms with Crippen molar-refractivity contribution < 1.29 is 14.3 Å². The number of carbonyl (C=O) groups excluding carboxylic acids is 1. The van der Waals surface area contributed by atoms with Gasteiger partial charge in [-0.1, -0.05) is 29.8 Å². The molecule has 0 fully saturated rings. The number of para-hydroxylation sites is 2. The fraction of sp³-hybridized carbons (Fsp3) is 0.0800. The van der Waals surface area contributed by atoms with Crippen LogP contribution in [-0.4, -0.2) is 27.2 Å². The fourth-order valence-electron chi connectivity index (χ4n) is 4.01. The highest BCUT2D eigenvalue weighted by molar-refractivity contribution is 6.16. The van der Waals surface area contributed by atoms with Gasteiger partial charge in [-0.25, -0.2) is 9.97 Å². The van der Waals surface area contributed by atoms with Crippen LogP contribution in [-0.2, 0) is 0 Å². The normalized spacial score (nSPS) is 12.4. The monoisotopic (exact) mass is 437 g/mol. The average Bonchev–Trinajstić information content (AvgIpc) is 3.39. The third-order valence-corrected chi connectivity index (χ3v) is 5.65. The molecule has 0 saturated heterocycles. The van der Waals surface area contributed by atoms with E-state index in [9.17, 15) is 4.79 Å². The van der Waals surface area contributed by atoms with Crippen LogP contribution in [0.15, 0.2) is 66.7 Å². The van der Waals surface area contributed by atoms with Gasteiger partial charge in [0, 0.05) is 17.4 Å². The molecule has 0 saturated carbocycles. The number of anilines is 2. The zero-order valence-corrected chi connectivity index (χ0v) is 17.7. The van der Waals surface area contributed by atoms with Gasteiger partial charge in [0.05, 0.1) is 11.0 Å². The lowest BCUT2D eigenvalue weighted by Gasteiger charge is -2.09. The lowest BCUT2D eigenvalue weighted by atomic mass is 10.2. The van der Waals surface area contributed by atoms with Crippen molar-refractivity contribution in [1.82, 2.24) is 14.5 Å². The Hall–Kier alpha value is -4.59. The third kappa shape index (κ3) is 3.11. The molecule has 3 heterocycles. The SMILES string of the molecule is Cc1ccc(-n2c(N)c(C(=O)Nc3ccc4c(c3)OCO4)c3nc4ccccc4nc32)cc1. The maximum atomic E-state index is 13.4. The van der Waals surface area contributed by atoms with Crippen molar-refractivity contribution in [2.24, 2.45) is 0 Å². The van der Waals surface area contributed by atoms with E-state index in [0.717, 1.165) is 16.8 Å². The van der Waals surface area contributed by atoms with Gasteiger partial charge in [0.15, 0.2) is 17.1 Å². The number of rotatable bonds is 3. The number of nitrogen functional groups attached to an aromatic ring is 1. The Morgan fingerprint density at radius 3 is 2.48 bits per heavy atom. The first-order valence-electron chi connectivity index (χ1n) is 10.4. The number of nitrogens with zero attached hydrogens (tertiary/aromatic N) is 3. The Labute approximate surface area is 188 Å². The number of nitrogens with two attached hydrogens (primary N) is 1. The molecule has 0 radical (unpaired) electrons. The van der Waals surface area contributed by atoms with Crippen molar-refractivity contribution in [2.45, 2.75) is 6.92 Å². The molecular formula is C25H19N5O3. The molecule has 8 nitrogen and oxygen atoms in total. The molecule has 1 aliphatic heterocycles. The zero-order chi connectivity index (χ0) is 22.5. The molecule has 3 N–H and O–H groups in total. The van der Waals surface area contributed by atoms with Gasteiger partial charge >= 0.3 is 0 Å². The smallest absolute Gasteiger partial charge is 0.261 e. The molecule has 0 aliphatic carbocycles. The van der Waals surface area contributed by atoms with E-state index in [1.807, 2.05) is 55.5 Å². The van der Waals surface area contributed by atoms with Gasteiger partial charge in [0.25, 0.3) is 5.91 Å². The lowest BCUT2D eigenvalue weighted by molar-refractivity contribution is 0.102.